The van der Waals surface area contributed by atoms with E-state index >= 15 is 0 Å². The minimum Gasteiger partial charge on any atom is -0.479 e. The summed E-state index contributed by atoms with van der Waals surface area (Å²) in [6.45, 7) is 1.92. The van der Waals surface area contributed by atoms with Crippen molar-refractivity contribution in [2.75, 3.05) is 13.1 Å². The summed E-state index contributed by atoms with van der Waals surface area (Å²) in [6.07, 6.45) is 3.51. The van der Waals surface area contributed by atoms with E-state index in [1.54, 1.807) is 18.2 Å². The van der Waals surface area contributed by atoms with Gasteiger partial charge in [-0.05, 0) is 56.3 Å². The van der Waals surface area contributed by atoms with Crippen LogP contribution in [0.4, 0.5) is 4.39 Å². The second kappa shape index (κ2) is 6.60. The van der Waals surface area contributed by atoms with Crippen LogP contribution in [0.2, 0.25) is 0 Å². The molecule has 0 spiro atoms. The third-order valence-corrected chi connectivity index (χ3v) is 4.46. The van der Waals surface area contributed by atoms with Gasteiger partial charge in [-0.2, -0.15) is 4.98 Å². The molecule has 2 aromatic heterocycles. The van der Waals surface area contributed by atoms with E-state index in [-0.39, 0.29) is 11.8 Å². The average Bonchev–Trinajstić information content (AvgIpc) is 3.08. The molecule has 1 aliphatic heterocycles. The first-order chi connectivity index (χ1) is 12.2. The van der Waals surface area contributed by atoms with E-state index in [4.69, 9.17) is 4.98 Å². The number of benzene rings is 1. The van der Waals surface area contributed by atoms with E-state index in [0.717, 1.165) is 37.3 Å². The Morgan fingerprint density at radius 3 is 2.52 bits per heavy atom. The molecule has 0 unspecified atom stereocenters. The Kier molecular flexibility index (Phi) is 4.15. The largest absolute Gasteiger partial charge is 0.479 e. The van der Waals surface area contributed by atoms with E-state index in [2.05, 4.69) is 20.3 Å². The molecule has 0 atom stereocenters. The van der Waals surface area contributed by atoms with Crippen LogP contribution in [0.15, 0.2) is 36.5 Å². The number of hydrogen-bond donors (Lipinski definition) is 3. The molecular formula is C18H18FN5O. The standard InChI is InChI=1S/C18H18FN5O/c19-13-3-1-11(2-4-13)15-16(14-7-10-21-18(25)22-14)24-17(23-15)12-5-8-20-9-6-12/h1-4,7,10,12,20H,5-6,8-9H2,(H,23,24)(H,21,22,25). The second-order valence-corrected chi connectivity index (χ2v) is 6.12. The van der Waals surface area contributed by atoms with Crippen molar-refractivity contribution in [3.05, 3.63) is 48.2 Å². The van der Waals surface area contributed by atoms with Crippen LogP contribution in [0.5, 0.6) is 6.01 Å². The smallest absolute Gasteiger partial charge is 0.314 e. The van der Waals surface area contributed by atoms with Crippen LogP contribution in [0.3, 0.4) is 0 Å². The van der Waals surface area contributed by atoms with Crippen LogP contribution in [-0.4, -0.2) is 38.1 Å². The summed E-state index contributed by atoms with van der Waals surface area (Å²) in [7, 11) is 0. The SMILES string of the molecule is Oc1nccc(-c2[nH]c(C3CCNCC3)nc2-c2ccc(F)cc2)n1. The molecule has 25 heavy (non-hydrogen) atoms. The molecule has 3 heterocycles. The Balaban J connectivity index is 1.82. The minimum atomic E-state index is -0.293. The Bertz CT molecular complexity index is 871. The van der Waals surface area contributed by atoms with Crippen molar-refractivity contribution in [2.45, 2.75) is 18.8 Å². The van der Waals surface area contributed by atoms with Gasteiger partial charge in [0.2, 0.25) is 0 Å². The Hall–Kier alpha value is -2.80. The summed E-state index contributed by atoms with van der Waals surface area (Å²) in [6, 6.07) is 7.64. The molecular weight excluding hydrogens is 321 g/mol. The van der Waals surface area contributed by atoms with Crippen molar-refractivity contribution in [2.24, 2.45) is 0 Å². The van der Waals surface area contributed by atoms with Crippen molar-refractivity contribution in [3.63, 3.8) is 0 Å². The molecule has 1 aliphatic rings. The van der Waals surface area contributed by atoms with E-state index in [0.29, 0.717) is 23.0 Å². The van der Waals surface area contributed by atoms with Gasteiger partial charge in [0.05, 0.1) is 17.1 Å². The number of piperidine rings is 1. The molecule has 3 aromatic rings. The number of imidazole rings is 1. The van der Waals surface area contributed by atoms with Crippen molar-refractivity contribution in [1.29, 1.82) is 0 Å². The topological polar surface area (TPSA) is 86.7 Å². The fraction of sp³-hybridized carbons (Fsp3) is 0.278. The molecule has 0 bridgehead atoms. The first-order valence-electron chi connectivity index (χ1n) is 8.29. The third kappa shape index (κ3) is 3.23. The molecule has 7 heteroatoms. The van der Waals surface area contributed by atoms with E-state index in [1.165, 1.54) is 18.3 Å². The van der Waals surface area contributed by atoms with E-state index < -0.39 is 0 Å². The maximum atomic E-state index is 13.3. The average molecular weight is 339 g/mol. The van der Waals surface area contributed by atoms with Gasteiger partial charge in [0, 0.05) is 17.7 Å². The quantitative estimate of drug-likeness (QED) is 0.683. The van der Waals surface area contributed by atoms with E-state index in [1.807, 2.05) is 0 Å². The first-order valence-corrected chi connectivity index (χ1v) is 8.29. The van der Waals surface area contributed by atoms with Crippen LogP contribution in [0.25, 0.3) is 22.6 Å². The molecule has 1 saturated heterocycles. The first kappa shape index (κ1) is 15.7. The molecule has 4 rings (SSSR count). The van der Waals surface area contributed by atoms with Gasteiger partial charge in [-0.15, -0.1) is 0 Å². The minimum absolute atomic E-state index is 0.291. The third-order valence-electron chi connectivity index (χ3n) is 4.46. The van der Waals surface area contributed by atoms with Crippen LogP contribution in [0, 0.1) is 5.82 Å². The number of hydrogen-bond acceptors (Lipinski definition) is 5. The van der Waals surface area contributed by atoms with Gasteiger partial charge in [-0.3, -0.25) is 0 Å². The highest BCUT2D eigenvalue weighted by Gasteiger charge is 2.22. The summed E-state index contributed by atoms with van der Waals surface area (Å²) >= 11 is 0. The maximum Gasteiger partial charge on any atom is 0.314 e. The van der Waals surface area contributed by atoms with Crippen LogP contribution < -0.4 is 5.32 Å². The van der Waals surface area contributed by atoms with Gasteiger partial charge in [0.1, 0.15) is 11.6 Å². The van der Waals surface area contributed by atoms with Crippen LogP contribution >= 0.6 is 0 Å². The lowest BCUT2D eigenvalue weighted by molar-refractivity contribution is 0.431. The highest BCUT2D eigenvalue weighted by atomic mass is 19.1. The van der Waals surface area contributed by atoms with Gasteiger partial charge in [-0.1, -0.05) is 0 Å². The zero-order valence-corrected chi connectivity index (χ0v) is 13.5. The normalized spacial score (nSPS) is 15.4. The van der Waals surface area contributed by atoms with Crippen LogP contribution in [0.1, 0.15) is 24.6 Å². The number of nitrogens with one attached hydrogen (secondary N) is 2. The Morgan fingerprint density at radius 2 is 1.80 bits per heavy atom. The molecule has 6 nitrogen and oxygen atoms in total. The zero-order valence-electron chi connectivity index (χ0n) is 13.5. The predicted octanol–water partition coefficient (Wildman–Crippen LogP) is 2.85. The van der Waals surface area contributed by atoms with Crippen molar-refractivity contribution < 1.29 is 9.50 Å². The summed E-state index contributed by atoms with van der Waals surface area (Å²) in [5.41, 5.74) is 2.76. The number of H-pyrrole nitrogens is 1. The lowest BCUT2D eigenvalue weighted by atomic mass is 9.98. The van der Waals surface area contributed by atoms with Gasteiger partial charge in [0.15, 0.2) is 0 Å². The lowest BCUT2D eigenvalue weighted by Gasteiger charge is -2.20. The van der Waals surface area contributed by atoms with Gasteiger partial charge in [0.25, 0.3) is 0 Å². The summed E-state index contributed by atoms with van der Waals surface area (Å²) < 4.78 is 13.3. The highest BCUT2D eigenvalue weighted by molar-refractivity contribution is 5.76. The van der Waals surface area contributed by atoms with Gasteiger partial charge < -0.3 is 15.4 Å². The Labute approximate surface area is 144 Å². The Morgan fingerprint density at radius 1 is 1.04 bits per heavy atom. The zero-order chi connectivity index (χ0) is 17.2. The fourth-order valence-electron chi connectivity index (χ4n) is 3.17. The molecule has 0 saturated carbocycles. The second-order valence-electron chi connectivity index (χ2n) is 6.12. The number of rotatable bonds is 3. The van der Waals surface area contributed by atoms with Crippen LogP contribution in [-0.2, 0) is 0 Å². The van der Waals surface area contributed by atoms with Gasteiger partial charge >= 0.3 is 6.01 Å². The van der Waals surface area contributed by atoms with E-state index in [9.17, 15) is 9.50 Å². The monoisotopic (exact) mass is 339 g/mol. The number of nitrogens with zero attached hydrogens (tertiary/aromatic N) is 3. The number of halogens is 1. The van der Waals surface area contributed by atoms with Crippen molar-refractivity contribution >= 4 is 0 Å². The molecule has 3 N–H and O–H groups in total. The number of aromatic nitrogens is 4. The lowest BCUT2D eigenvalue weighted by Crippen LogP contribution is -2.27. The summed E-state index contributed by atoms with van der Waals surface area (Å²) in [5.74, 6) is 0.942. The molecule has 128 valence electrons. The number of aromatic amines is 1. The van der Waals surface area contributed by atoms with Crippen molar-refractivity contribution in [1.82, 2.24) is 25.3 Å². The summed E-state index contributed by atoms with van der Waals surface area (Å²) in [4.78, 5) is 16.0. The maximum absolute atomic E-state index is 13.3. The molecule has 0 amide bonds. The molecule has 1 fully saturated rings. The highest BCUT2D eigenvalue weighted by Crippen LogP contribution is 2.33. The van der Waals surface area contributed by atoms with Gasteiger partial charge in [-0.25, -0.2) is 14.4 Å². The molecule has 0 radical (unpaired) electrons. The molecule has 1 aromatic carbocycles. The predicted molar refractivity (Wildman–Crippen MR) is 91.5 cm³/mol. The number of aromatic hydroxyl groups is 1. The molecule has 0 aliphatic carbocycles. The summed E-state index contributed by atoms with van der Waals surface area (Å²) in [5, 5.41) is 13.0. The fourth-order valence-corrected chi connectivity index (χ4v) is 3.17. The van der Waals surface area contributed by atoms with Crippen molar-refractivity contribution in [3.8, 4) is 28.7 Å².